The van der Waals surface area contributed by atoms with E-state index in [2.05, 4.69) is 20.7 Å². The van der Waals surface area contributed by atoms with Crippen molar-refractivity contribution in [1.29, 1.82) is 0 Å². The molecule has 1 aliphatic rings. The van der Waals surface area contributed by atoms with Crippen LogP contribution in [0.4, 0.5) is 5.69 Å². The van der Waals surface area contributed by atoms with Crippen LogP contribution in [0.3, 0.4) is 0 Å². The number of likely N-dealkylation sites (tertiary alicyclic amines) is 1. The molecule has 1 amide bonds. The molecule has 0 aliphatic carbocycles. The van der Waals surface area contributed by atoms with Crippen LogP contribution >= 0.6 is 15.9 Å². The number of hydrogen-bond acceptors (Lipinski definition) is 4. The summed E-state index contributed by atoms with van der Waals surface area (Å²) >= 11 is 3.25. The Labute approximate surface area is 132 Å². The first kappa shape index (κ1) is 16.3. The molecular weight excluding hydrogens is 358 g/mol. The Balaban J connectivity index is 2.11. The fraction of sp³-hybridized carbons (Fsp3) is 0.462. The summed E-state index contributed by atoms with van der Waals surface area (Å²) in [5, 5.41) is 0. The lowest BCUT2D eigenvalue weighted by Crippen LogP contribution is -2.38. The van der Waals surface area contributed by atoms with Crippen LogP contribution in [0.1, 0.15) is 18.4 Å². The van der Waals surface area contributed by atoms with E-state index in [4.69, 9.17) is 5.73 Å². The van der Waals surface area contributed by atoms with Gasteiger partial charge < -0.3 is 10.6 Å². The average molecular weight is 376 g/mol. The number of benzene rings is 1. The van der Waals surface area contributed by atoms with Gasteiger partial charge in [-0.1, -0.05) is 0 Å². The number of nitrogens with two attached hydrogens (primary N) is 1. The molecule has 0 saturated carbocycles. The van der Waals surface area contributed by atoms with Gasteiger partial charge in [0.15, 0.2) is 0 Å². The van der Waals surface area contributed by atoms with E-state index in [1.165, 1.54) is 6.07 Å². The molecule has 8 heteroatoms. The third-order valence-corrected chi connectivity index (χ3v) is 5.69. The maximum Gasteiger partial charge on any atom is 0.241 e. The highest BCUT2D eigenvalue weighted by Crippen LogP contribution is 2.26. The highest BCUT2D eigenvalue weighted by Gasteiger charge is 2.22. The number of sulfonamides is 1. The van der Waals surface area contributed by atoms with E-state index in [0.29, 0.717) is 28.8 Å². The van der Waals surface area contributed by atoms with Gasteiger partial charge in [-0.15, -0.1) is 0 Å². The number of carbonyl (C=O) groups excluding carboxylic acids is 1. The Morgan fingerprint density at radius 3 is 2.62 bits per heavy atom. The first-order valence-corrected chi connectivity index (χ1v) is 8.92. The smallest absolute Gasteiger partial charge is 0.241 e. The Morgan fingerprint density at radius 1 is 1.38 bits per heavy atom. The molecule has 0 atom stereocenters. The minimum atomic E-state index is -3.75. The Hall–Kier alpha value is -1.12. The van der Waals surface area contributed by atoms with Crippen molar-refractivity contribution in [2.45, 2.75) is 24.7 Å². The SMILES string of the molecule is Cc1cc(Br)c(N)cc1S(=O)(=O)NCC(=O)N1CCCC1. The van der Waals surface area contributed by atoms with E-state index < -0.39 is 10.0 Å². The van der Waals surface area contributed by atoms with Crippen LogP contribution in [0.25, 0.3) is 0 Å². The summed E-state index contributed by atoms with van der Waals surface area (Å²) in [6, 6.07) is 3.04. The Morgan fingerprint density at radius 2 is 2.00 bits per heavy atom. The second-order valence-corrected chi connectivity index (χ2v) is 7.64. The molecule has 0 unspecified atom stereocenters. The number of anilines is 1. The molecule has 1 aromatic rings. The van der Waals surface area contributed by atoms with E-state index in [0.717, 1.165) is 12.8 Å². The van der Waals surface area contributed by atoms with Gasteiger partial charge in [0.2, 0.25) is 15.9 Å². The summed E-state index contributed by atoms with van der Waals surface area (Å²) in [7, 11) is -3.75. The van der Waals surface area contributed by atoms with Crippen molar-refractivity contribution in [3.8, 4) is 0 Å². The second kappa shape index (κ2) is 6.33. The summed E-state index contributed by atoms with van der Waals surface area (Å²) in [4.78, 5) is 13.7. The van der Waals surface area contributed by atoms with Crippen molar-refractivity contribution in [1.82, 2.24) is 9.62 Å². The average Bonchev–Trinajstić information content (AvgIpc) is 2.94. The van der Waals surface area contributed by atoms with Gasteiger partial charge >= 0.3 is 0 Å². The zero-order chi connectivity index (χ0) is 15.6. The van der Waals surface area contributed by atoms with Gasteiger partial charge in [0, 0.05) is 23.2 Å². The molecule has 0 radical (unpaired) electrons. The molecule has 1 aliphatic heterocycles. The molecule has 3 N–H and O–H groups in total. The van der Waals surface area contributed by atoms with Crippen molar-refractivity contribution in [3.05, 3.63) is 22.2 Å². The van der Waals surface area contributed by atoms with Gasteiger partial charge in [-0.2, -0.15) is 0 Å². The zero-order valence-corrected chi connectivity index (χ0v) is 14.1. The first-order valence-electron chi connectivity index (χ1n) is 6.64. The molecule has 21 heavy (non-hydrogen) atoms. The number of nitrogen functional groups attached to an aromatic ring is 1. The number of nitrogens with one attached hydrogen (secondary N) is 1. The normalized spacial score (nSPS) is 15.4. The largest absolute Gasteiger partial charge is 0.398 e. The molecule has 0 spiro atoms. The summed E-state index contributed by atoms with van der Waals surface area (Å²) in [6.07, 6.45) is 1.95. The lowest BCUT2D eigenvalue weighted by molar-refractivity contribution is -0.128. The quantitative estimate of drug-likeness (QED) is 0.774. The highest BCUT2D eigenvalue weighted by molar-refractivity contribution is 9.10. The maximum atomic E-state index is 12.3. The van der Waals surface area contributed by atoms with Crippen LogP contribution < -0.4 is 10.5 Å². The van der Waals surface area contributed by atoms with Crippen molar-refractivity contribution >= 4 is 37.5 Å². The number of amides is 1. The van der Waals surface area contributed by atoms with Gasteiger partial charge in [-0.25, -0.2) is 13.1 Å². The van der Waals surface area contributed by atoms with Crippen LogP contribution in [-0.4, -0.2) is 38.9 Å². The van der Waals surface area contributed by atoms with Crippen molar-refractivity contribution in [2.24, 2.45) is 0 Å². The molecule has 2 rings (SSSR count). The fourth-order valence-electron chi connectivity index (χ4n) is 2.27. The Bertz CT molecular complexity index is 655. The van der Waals surface area contributed by atoms with Crippen LogP contribution in [0.5, 0.6) is 0 Å². The summed E-state index contributed by atoms with van der Waals surface area (Å²) in [5.41, 5.74) is 6.63. The molecule has 1 heterocycles. The summed E-state index contributed by atoms with van der Waals surface area (Å²) in [5.74, 6) is -0.196. The number of nitrogens with zero attached hydrogens (tertiary/aromatic N) is 1. The fourth-order valence-corrected chi connectivity index (χ4v) is 3.96. The number of carbonyl (C=O) groups is 1. The molecular formula is C13H18BrN3O3S. The van der Waals surface area contributed by atoms with Crippen molar-refractivity contribution < 1.29 is 13.2 Å². The number of halogens is 1. The molecule has 116 valence electrons. The van der Waals surface area contributed by atoms with Crippen LogP contribution in [0.15, 0.2) is 21.5 Å². The molecule has 6 nitrogen and oxygen atoms in total. The lowest BCUT2D eigenvalue weighted by Gasteiger charge is -2.16. The van der Waals surface area contributed by atoms with Crippen LogP contribution in [0.2, 0.25) is 0 Å². The van der Waals surface area contributed by atoms with Crippen molar-refractivity contribution in [3.63, 3.8) is 0 Å². The van der Waals surface area contributed by atoms with Gasteiger partial charge in [0.1, 0.15) is 0 Å². The predicted octanol–water partition coefficient (Wildman–Crippen LogP) is 1.24. The molecule has 1 fully saturated rings. The van der Waals surface area contributed by atoms with E-state index in [1.807, 2.05) is 0 Å². The summed E-state index contributed by atoms with van der Waals surface area (Å²) in [6.45, 7) is 2.86. The number of hydrogen-bond donors (Lipinski definition) is 2. The van der Waals surface area contributed by atoms with E-state index in [9.17, 15) is 13.2 Å². The van der Waals surface area contributed by atoms with Crippen LogP contribution in [0, 0.1) is 6.92 Å². The lowest BCUT2D eigenvalue weighted by atomic mass is 10.2. The number of aryl methyl sites for hydroxylation is 1. The monoisotopic (exact) mass is 375 g/mol. The molecule has 1 aromatic carbocycles. The summed E-state index contributed by atoms with van der Waals surface area (Å²) < 4.78 is 27.6. The van der Waals surface area contributed by atoms with Crippen LogP contribution in [-0.2, 0) is 14.8 Å². The Kier molecular flexibility index (Phi) is 4.90. The van der Waals surface area contributed by atoms with E-state index in [1.54, 1.807) is 17.9 Å². The minimum absolute atomic E-state index is 0.0948. The number of rotatable bonds is 4. The third kappa shape index (κ3) is 3.75. The molecule has 0 aromatic heterocycles. The third-order valence-electron chi connectivity index (χ3n) is 3.46. The maximum absolute atomic E-state index is 12.3. The van der Waals surface area contributed by atoms with Crippen molar-refractivity contribution in [2.75, 3.05) is 25.4 Å². The molecule has 1 saturated heterocycles. The van der Waals surface area contributed by atoms with E-state index in [-0.39, 0.29) is 17.3 Å². The van der Waals surface area contributed by atoms with Gasteiger partial charge in [0.25, 0.3) is 0 Å². The first-order chi connectivity index (χ1) is 9.81. The van der Waals surface area contributed by atoms with Gasteiger partial charge in [0.05, 0.1) is 11.4 Å². The topological polar surface area (TPSA) is 92.5 Å². The minimum Gasteiger partial charge on any atom is -0.398 e. The molecule has 0 bridgehead atoms. The van der Waals surface area contributed by atoms with E-state index >= 15 is 0 Å². The predicted molar refractivity (Wildman–Crippen MR) is 84.3 cm³/mol. The van der Waals surface area contributed by atoms with Gasteiger partial charge in [-0.05, 0) is 53.4 Å². The highest BCUT2D eigenvalue weighted by atomic mass is 79.9. The standard InChI is InChI=1S/C13H18BrN3O3S/c1-9-6-10(14)11(15)7-12(9)21(19,20)16-8-13(18)17-4-2-3-5-17/h6-7,16H,2-5,8,15H2,1H3. The van der Waals surface area contributed by atoms with Gasteiger partial charge in [-0.3, -0.25) is 4.79 Å². The zero-order valence-electron chi connectivity index (χ0n) is 11.7. The second-order valence-electron chi connectivity index (χ2n) is 5.05.